The van der Waals surface area contributed by atoms with Crippen molar-refractivity contribution in [3.8, 4) is 0 Å². The lowest BCUT2D eigenvalue weighted by Gasteiger charge is -2.41. The molecular formula is C9H17BrO2. The predicted molar refractivity (Wildman–Crippen MR) is 52.5 cm³/mol. The second-order valence-electron chi connectivity index (χ2n) is 4.23. The fourth-order valence-electron chi connectivity index (χ4n) is 1.15. The van der Waals surface area contributed by atoms with Crippen LogP contribution in [0.5, 0.6) is 0 Å². The second-order valence-corrected chi connectivity index (χ2v) is 5.02. The third-order valence-corrected chi connectivity index (χ3v) is 2.63. The van der Waals surface area contributed by atoms with Crippen LogP contribution < -0.4 is 0 Å². The maximum absolute atomic E-state index is 5.59. The normalized spacial score (nSPS) is 27.0. The Kier molecular flexibility index (Phi) is 3.18. The SMILES string of the molecule is CC1(CCBr)COC(C)(C)OC1. The molecule has 0 spiro atoms. The van der Waals surface area contributed by atoms with E-state index < -0.39 is 0 Å². The van der Waals surface area contributed by atoms with Gasteiger partial charge in [-0.3, -0.25) is 0 Å². The average Bonchev–Trinajstić information content (AvgIpc) is 1.98. The molecule has 2 nitrogen and oxygen atoms in total. The molecule has 1 aliphatic heterocycles. The van der Waals surface area contributed by atoms with E-state index in [-0.39, 0.29) is 11.2 Å². The molecule has 0 amide bonds. The molecule has 0 unspecified atom stereocenters. The smallest absolute Gasteiger partial charge is 0.162 e. The number of hydrogen-bond donors (Lipinski definition) is 0. The second kappa shape index (κ2) is 3.64. The van der Waals surface area contributed by atoms with E-state index in [0.717, 1.165) is 25.0 Å². The summed E-state index contributed by atoms with van der Waals surface area (Å²) in [7, 11) is 0. The maximum atomic E-state index is 5.59. The number of alkyl halides is 1. The highest BCUT2D eigenvalue weighted by molar-refractivity contribution is 9.09. The van der Waals surface area contributed by atoms with Crippen LogP contribution in [0.4, 0.5) is 0 Å². The van der Waals surface area contributed by atoms with Crippen molar-refractivity contribution < 1.29 is 9.47 Å². The summed E-state index contributed by atoms with van der Waals surface area (Å²) in [5.74, 6) is -0.383. The minimum atomic E-state index is -0.383. The van der Waals surface area contributed by atoms with Gasteiger partial charge in [0.05, 0.1) is 13.2 Å². The molecule has 0 aromatic rings. The predicted octanol–water partition coefficient (Wildman–Crippen LogP) is 2.56. The lowest BCUT2D eigenvalue weighted by Crippen LogP contribution is -2.45. The lowest BCUT2D eigenvalue weighted by molar-refractivity contribution is -0.282. The van der Waals surface area contributed by atoms with Gasteiger partial charge in [0, 0.05) is 10.7 Å². The molecule has 3 heteroatoms. The largest absolute Gasteiger partial charge is 0.350 e. The van der Waals surface area contributed by atoms with Crippen molar-refractivity contribution in [2.24, 2.45) is 5.41 Å². The van der Waals surface area contributed by atoms with Gasteiger partial charge >= 0.3 is 0 Å². The summed E-state index contributed by atoms with van der Waals surface area (Å²) in [5.41, 5.74) is 0.193. The summed E-state index contributed by atoms with van der Waals surface area (Å²) in [4.78, 5) is 0. The molecular weight excluding hydrogens is 220 g/mol. The van der Waals surface area contributed by atoms with E-state index >= 15 is 0 Å². The Morgan fingerprint density at radius 1 is 1.17 bits per heavy atom. The first-order chi connectivity index (χ1) is 5.47. The Labute approximate surface area is 82.7 Å². The van der Waals surface area contributed by atoms with Gasteiger partial charge in [-0.05, 0) is 20.3 Å². The molecule has 1 heterocycles. The average molecular weight is 237 g/mol. The van der Waals surface area contributed by atoms with Crippen molar-refractivity contribution in [3.05, 3.63) is 0 Å². The number of rotatable bonds is 2. The first-order valence-electron chi connectivity index (χ1n) is 4.31. The van der Waals surface area contributed by atoms with Gasteiger partial charge in [0.1, 0.15) is 0 Å². The number of halogens is 1. The quantitative estimate of drug-likeness (QED) is 0.687. The van der Waals surface area contributed by atoms with Crippen molar-refractivity contribution >= 4 is 15.9 Å². The molecule has 0 saturated carbocycles. The molecule has 1 aliphatic rings. The van der Waals surface area contributed by atoms with Crippen LogP contribution in [-0.4, -0.2) is 24.3 Å². The van der Waals surface area contributed by atoms with Gasteiger partial charge in [-0.25, -0.2) is 0 Å². The molecule has 0 aromatic heterocycles. The Morgan fingerprint density at radius 3 is 2.08 bits per heavy atom. The summed E-state index contributed by atoms with van der Waals surface area (Å²) in [6, 6.07) is 0. The van der Waals surface area contributed by atoms with Crippen molar-refractivity contribution in [1.82, 2.24) is 0 Å². The van der Waals surface area contributed by atoms with Crippen LogP contribution in [0.25, 0.3) is 0 Å². The summed E-state index contributed by atoms with van der Waals surface area (Å²) >= 11 is 3.44. The molecule has 0 aliphatic carbocycles. The summed E-state index contributed by atoms with van der Waals surface area (Å²) in [6.45, 7) is 7.71. The molecule has 12 heavy (non-hydrogen) atoms. The van der Waals surface area contributed by atoms with E-state index in [1.54, 1.807) is 0 Å². The zero-order valence-corrected chi connectivity index (χ0v) is 9.61. The Hall–Kier alpha value is 0.400. The highest BCUT2D eigenvalue weighted by Crippen LogP contribution is 2.32. The fourth-order valence-corrected chi connectivity index (χ4v) is 2.11. The van der Waals surface area contributed by atoms with E-state index in [2.05, 4.69) is 22.9 Å². The van der Waals surface area contributed by atoms with Crippen LogP contribution >= 0.6 is 15.9 Å². The highest BCUT2D eigenvalue weighted by Gasteiger charge is 2.35. The van der Waals surface area contributed by atoms with Crippen molar-refractivity contribution in [1.29, 1.82) is 0 Å². The summed E-state index contributed by atoms with van der Waals surface area (Å²) in [5, 5.41) is 1.01. The molecule has 0 atom stereocenters. The third kappa shape index (κ3) is 2.71. The summed E-state index contributed by atoms with van der Waals surface area (Å²) in [6.07, 6.45) is 1.10. The maximum Gasteiger partial charge on any atom is 0.162 e. The van der Waals surface area contributed by atoms with Gasteiger partial charge in [-0.15, -0.1) is 0 Å². The van der Waals surface area contributed by atoms with E-state index in [4.69, 9.17) is 9.47 Å². The first kappa shape index (κ1) is 10.5. The Bertz CT molecular complexity index is 147. The van der Waals surface area contributed by atoms with Gasteiger partial charge in [0.2, 0.25) is 0 Å². The summed E-state index contributed by atoms with van der Waals surface area (Å²) < 4.78 is 11.2. The fraction of sp³-hybridized carbons (Fsp3) is 1.00. The zero-order valence-electron chi connectivity index (χ0n) is 8.02. The van der Waals surface area contributed by atoms with E-state index in [0.29, 0.717) is 0 Å². The Balaban J connectivity index is 2.44. The monoisotopic (exact) mass is 236 g/mol. The minimum Gasteiger partial charge on any atom is -0.350 e. The molecule has 1 saturated heterocycles. The van der Waals surface area contributed by atoms with Crippen LogP contribution in [0.3, 0.4) is 0 Å². The van der Waals surface area contributed by atoms with Gasteiger partial charge < -0.3 is 9.47 Å². The minimum absolute atomic E-state index is 0.193. The topological polar surface area (TPSA) is 18.5 Å². The number of ether oxygens (including phenoxy) is 2. The van der Waals surface area contributed by atoms with Crippen LogP contribution in [0, 0.1) is 5.41 Å². The van der Waals surface area contributed by atoms with Crippen molar-refractivity contribution in [2.45, 2.75) is 33.0 Å². The standard InChI is InChI=1S/C9H17BrO2/c1-8(2)11-6-9(3,4-5-10)7-12-8/h4-7H2,1-3H3. The van der Waals surface area contributed by atoms with Crippen molar-refractivity contribution in [2.75, 3.05) is 18.5 Å². The van der Waals surface area contributed by atoms with Gasteiger partial charge in [0.25, 0.3) is 0 Å². The first-order valence-corrected chi connectivity index (χ1v) is 5.43. The molecule has 0 aromatic carbocycles. The van der Waals surface area contributed by atoms with E-state index in [9.17, 15) is 0 Å². The van der Waals surface area contributed by atoms with Crippen LogP contribution in [0.1, 0.15) is 27.2 Å². The van der Waals surface area contributed by atoms with Gasteiger partial charge in [0.15, 0.2) is 5.79 Å². The highest BCUT2D eigenvalue weighted by atomic mass is 79.9. The van der Waals surface area contributed by atoms with Crippen LogP contribution in [-0.2, 0) is 9.47 Å². The van der Waals surface area contributed by atoms with E-state index in [1.165, 1.54) is 0 Å². The van der Waals surface area contributed by atoms with Crippen LogP contribution in [0.15, 0.2) is 0 Å². The number of hydrogen-bond acceptors (Lipinski definition) is 2. The zero-order chi connectivity index (χ0) is 9.24. The van der Waals surface area contributed by atoms with Gasteiger partial charge in [-0.2, -0.15) is 0 Å². The molecule has 0 N–H and O–H groups in total. The molecule has 0 bridgehead atoms. The molecule has 0 radical (unpaired) electrons. The Morgan fingerprint density at radius 2 is 1.67 bits per heavy atom. The molecule has 1 rings (SSSR count). The molecule has 72 valence electrons. The lowest BCUT2D eigenvalue weighted by atomic mass is 9.89. The van der Waals surface area contributed by atoms with Crippen LogP contribution in [0.2, 0.25) is 0 Å². The van der Waals surface area contributed by atoms with Gasteiger partial charge in [-0.1, -0.05) is 22.9 Å². The van der Waals surface area contributed by atoms with Crippen molar-refractivity contribution in [3.63, 3.8) is 0 Å². The molecule has 1 fully saturated rings. The third-order valence-electron chi connectivity index (χ3n) is 2.23. The van der Waals surface area contributed by atoms with E-state index in [1.807, 2.05) is 13.8 Å².